The molecule has 0 aliphatic carbocycles. The SMILES string of the molecule is CCCCn1c(N)c(N(C)C(=O)Cc2ccc(Br)cc2)c(=O)[nH]c1=O. The Balaban J connectivity index is 2.32. The van der Waals surface area contributed by atoms with E-state index < -0.39 is 11.2 Å². The third kappa shape index (κ3) is 4.39. The summed E-state index contributed by atoms with van der Waals surface area (Å²) in [6, 6.07) is 7.33. The van der Waals surface area contributed by atoms with Crippen LogP contribution >= 0.6 is 15.9 Å². The van der Waals surface area contributed by atoms with Crippen LogP contribution in [0.3, 0.4) is 0 Å². The molecule has 0 aliphatic rings. The molecule has 134 valence electrons. The zero-order valence-electron chi connectivity index (χ0n) is 14.2. The monoisotopic (exact) mass is 408 g/mol. The molecule has 0 saturated carbocycles. The van der Waals surface area contributed by atoms with Crippen molar-refractivity contribution in [3.05, 3.63) is 55.1 Å². The van der Waals surface area contributed by atoms with Crippen molar-refractivity contribution < 1.29 is 4.79 Å². The summed E-state index contributed by atoms with van der Waals surface area (Å²) in [5.74, 6) is -0.283. The largest absolute Gasteiger partial charge is 0.383 e. The molecule has 2 rings (SSSR count). The standard InChI is InChI=1S/C17H21BrN4O3/c1-3-4-9-22-15(19)14(16(24)20-17(22)25)21(2)13(23)10-11-5-7-12(18)8-6-11/h5-8H,3-4,9-10,19H2,1-2H3,(H,20,24,25). The van der Waals surface area contributed by atoms with Gasteiger partial charge in [0.2, 0.25) is 5.91 Å². The van der Waals surface area contributed by atoms with E-state index in [1.807, 2.05) is 31.2 Å². The second kappa shape index (κ2) is 8.15. The number of unbranched alkanes of at least 4 members (excludes halogenated alkanes) is 1. The lowest BCUT2D eigenvalue weighted by Gasteiger charge is -2.20. The molecule has 1 aromatic heterocycles. The van der Waals surface area contributed by atoms with Crippen LogP contribution in [0.5, 0.6) is 0 Å². The highest BCUT2D eigenvalue weighted by Crippen LogP contribution is 2.17. The molecule has 0 spiro atoms. The Hall–Kier alpha value is -2.35. The molecular formula is C17H21BrN4O3. The van der Waals surface area contributed by atoms with Gasteiger partial charge in [-0.25, -0.2) is 4.79 Å². The van der Waals surface area contributed by atoms with Crippen LogP contribution in [0.25, 0.3) is 0 Å². The topological polar surface area (TPSA) is 101 Å². The molecule has 8 heteroatoms. The van der Waals surface area contributed by atoms with Gasteiger partial charge in [0.1, 0.15) is 5.82 Å². The molecule has 0 unspecified atom stereocenters. The number of amides is 1. The number of H-pyrrole nitrogens is 1. The van der Waals surface area contributed by atoms with Gasteiger partial charge in [0.15, 0.2) is 5.69 Å². The fraction of sp³-hybridized carbons (Fsp3) is 0.353. The number of anilines is 2. The molecule has 7 nitrogen and oxygen atoms in total. The summed E-state index contributed by atoms with van der Waals surface area (Å²) < 4.78 is 2.21. The van der Waals surface area contributed by atoms with Crippen molar-refractivity contribution in [2.75, 3.05) is 17.7 Å². The quantitative estimate of drug-likeness (QED) is 0.761. The average molecular weight is 409 g/mol. The molecule has 0 saturated heterocycles. The maximum absolute atomic E-state index is 12.5. The number of aromatic nitrogens is 2. The normalized spacial score (nSPS) is 10.7. The van der Waals surface area contributed by atoms with E-state index in [4.69, 9.17) is 5.73 Å². The Morgan fingerprint density at radius 1 is 1.28 bits per heavy atom. The van der Waals surface area contributed by atoms with Crippen LogP contribution in [0.15, 0.2) is 38.3 Å². The molecule has 0 bridgehead atoms. The number of likely N-dealkylation sites (N-methyl/N-ethyl adjacent to an activating group) is 1. The zero-order chi connectivity index (χ0) is 18.6. The number of carbonyl (C=O) groups excluding carboxylic acids is 1. The number of nitrogens with one attached hydrogen (secondary N) is 1. The molecule has 25 heavy (non-hydrogen) atoms. The predicted octanol–water partition coefficient (Wildman–Crippen LogP) is 1.89. The maximum atomic E-state index is 12.5. The predicted molar refractivity (Wildman–Crippen MR) is 102 cm³/mol. The minimum atomic E-state index is -0.665. The van der Waals surface area contributed by atoms with Crippen LogP contribution in [-0.4, -0.2) is 22.5 Å². The van der Waals surface area contributed by atoms with Gasteiger partial charge in [-0.3, -0.25) is 19.1 Å². The molecule has 0 atom stereocenters. The van der Waals surface area contributed by atoms with Crippen molar-refractivity contribution in [2.45, 2.75) is 32.7 Å². The van der Waals surface area contributed by atoms with Gasteiger partial charge >= 0.3 is 5.69 Å². The first-order valence-electron chi connectivity index (χ1n) is 7.98. The Bertz CT molecular complexity index is 871. The summed E-state index contributed by atoms with van der Waals surface area (Å²) >= 11 is 3.34. The molecule has 0 radical (unpaired) electrons. The molecule has 0 fully saturated rings. The number of benzene rings is 1. The van der Waals surface area contributed by atoms with E-state index in [-0.39, 0.29) is 23.8 Å². The van der Waals surface area contributed by atoms with Crippen LogP contribution in [0.1, 0.15) is 25.3 Å². The van der Waals surface area contributed by atoms with Gasteiger partial charge in [-0.1, -0.05) is 41.4 Å². The Kier molecular flexibility index (Phi) is 6.19. The number of nitrogens with zero attached hydrogens (tertiary/aromatic N) is 2. The number of aromatic amines is 1. The van der Waals surface area contributed by atoms with E-state index in [2.05, 4.69) is 20.9 Å². The average Bonchev–Trinajstić information content (AvgIpc) is 2.56. The van der Waals surface area contributed by atoms with Crippen molar-refractivity contribution in [1.82, 2.24) is 9.55 Å². The molecule has 0 aliphatic heterocycles. The van der Waals surface area contributed by atoms with Crippen LogP contribution < -0.4 is 21.9 Å². The number of carbonyl (C=O) groups is 1. The van der Waals surface area contributed by atoms with Gasteiger partial charge in [0.25, 0.3) is 5.56 Å². The highest BCUT2D eigenvalue weighted by molar-refractivity contribution is 9.10. The number of nitrogens with two attached hydrogens (primary N) is 1. The fourth-order valence-corrected chi connectivity index (χ4v) is 2.72. The number of halogens is 1. The first-order chi connectivity index (χ1) is 11.8. The molecule has 1 amide bonds. The zero-order valence-corrected chi connectivity index (χ0v) is 15.8. The van der Waals surface area contributed by atoms with Crippen LogP contribution in [-0.2, 0) is 17.8 Å². The van der Waals surface area contributed by atoms with Crippen LogP contribution in [0.2, 0.25) is 0 Å². The lowest BCUT2D eigenvalue weighted by Crippen LogP contribution is -2.39. The van der Waals surface area contributed by atoms with E-state index in [0.29, 0.717) is 6.54 Å². The Morgan fingerprint density at radius 2 is 1.92 bits per heavy atom. The minimum absolute atomic E-state index is 0.00202. The second-order valence-corrected chi connectivity index (χ2v) is 6.67. The smallest absolute Gasteiger partial charge is 0.330 e. The third-order valence-corrected chi connectivity index (χ3v) is 4.46. The van der Waals surface area contributed by atoms with Crippen molar-refractivity contribution >= 4 is 33.3 Å². The summed E-state index contributed by atoms with van der Waals surface area (Å²) in [6.07, 6.45) is 1.74. The number of rotatable bonds is 6. The van der Waals surface area contributed by atoms with E-state index in [0.717, 1.165) is 22.9 Å². The fourth-order valence-electron chi connectivity index (χ4n) is 2.46. The van der Waals surface area contributed by atoms with E-state index in [9.17, 15) is 14.4 Å². The number of nitrogen functional groups attached to an aromatic ring is 1. The Morgan fingerprint density at radius 3 is 2.52 bits per heavy atom. The molecule has 2 aromatic rings. The third-order valence-electron chi connectivity index (χ3n) is 3.93. The summed E-state index contributed by atoms with van der Waals surface area (Å²) in [7, 11) is 1.48. The molecule has 3 N–H and O–H groups in total. The van der Waals surface area contributed by atoms with Gasteiger partial charge in [0.05, 0.1) is 6.42 Å². The van der Waals surface area contributed by atoms with Crippen molar-refractivity contribution in [3.63, 3.8) is 0 Å². The summed E-state index contributed by atoms with van der Waals surface area (Å²) in [5, 5.41) is 0. The highest BCUT2D eigenvalue weighted by atomic mass is 79.9. The van der Waals surface area contributed by atoms with E-state index in [1.165, 1.54) is 16.5 Å². The van der Waals surface area contributed by atoms with Crippen molar-refractivity contribution in [2.24, 2.45) is 0 Å². The lowest BCUT2D eigenvalue weighted by atomic mass is 10.1. The van der Waals surface area contributed by atoms with Gasteiger partial charge in [-0.2, -0.15) is 0 Å². The van der Waals surface area contributed by atoms with Crippen LogP contribution in [0.4, 0.5) is 11.5 Å². The highest BCUT2D eigenvalue weighted by Gasteiger charge is 2.20. The first kappa shape index (κ1) is 19.0. The minimum Gasteiger partial charge on any atom is -0.383 e. The van der Waals surface area contributed by atoms with Gasteiger partial charge in [-0.05, 0) is 24.1 Å². The molecule has 1 aromatic carbocycles. The summed E-state index contributed by atoms with van der Waals surface area (Å²) in [5.41, 5.74) is 5.61. The Labute approximate surface area is 153 Å². The number of hydrogen-bond donors (Lipinski definition) is 2. The summed E-state index contributed by atoms with van der Waals surface area (Å²) in [4.78, 5) is 40.1. The summed E-state index contributed by atoms with van der Waals surface area (Å²) in [6.45, 7) is 2.38. The first-order valence-corrected chi connectivity index (χ1v) is 8.78. The van der Waals surface area contributed by atoms with Crippen molar-refractivity contribution in [3.8, 4) is 0 Å². The van der Waals surface area contributed by atoms with Gasteiger partial charge in [0, 0.05) is 18.1 Å². The molecule has 1 heterocycles. The number of hydrogen-bond acceptors (Lipinski definition) is 4. The van der Waals surface area contributed by atoms with E-state index in [1.54, 1.807) is 0 Å². The van der Waals surface area contributed by atoms with E-state index >= 15 is 0 Å². The second-order valence-electron chi connectivity index (χ2n) is 5.75. The lowest BCUT2D eigenvalue weighted by molar-refractivity contribution is -0.117. The van der Waals surface area contributed by atoms with Crippen LogP contribution in [0, 0.1) is 0 Å². The van der Waals surface area contributed by atoms with Gasteiger partial charge in [-0.15, -0.1) is 0 Å². The van der Waals surface area contributed by atoms with Gasteiger partial charge < -0.3 is 10.6 Å². The maximum Gasteiger partial charge on any atom is 0.330 e. The molecular weight excluding hydrogens is 388 g/mol. The van der Waals surface area contributed by atoms with Crippen molar-refractivity contribution in [1.29, 1.82) is 0 Å².